The molecule has 0 atom stereocenters. The lowest BCUT2D eigenvalue weighted by Crippen LogP contribution is -2.14. The lowest BCUT2D eigenvalue weighted by Gasteiger charge is -2.09. The summed E-state index contributed by atoms with van der Waals surface area (Å²) in [5.74, 6) is -0.366. The first-order chi connectivity index (χ1) is 13.4. The molecular weight excluding hydrogens is 396 g/mol. The van der Waals surface area contributed by atoms with E-state index in [1.54, 1.807) is 12.1 Å². The second-order valence-electron chi connectivity index (χ2n) is 6.20. The van der Waals surface area contributed by atoms with Crippen molar-refractivity contribution in [1.29, 1.82) is 0 Å². The molecule has 0 radical (unpaired) electrons. The first kappa shape index (κ1) is 20.0. The minimum Gasteiger partial charge on any atom is -0.296 e. The van der Waals surface area contributed by atoms with E-state index in [1.165, 1.54) is 35.6 Å². The van der Waals surface area contributed by atoms with Crippen LogP contribution in [0.4, 0.5) is 10.8 Å². The monoisotopic (exact) mass is 416 g/mol. The fraction of sp³-hybridized carbons (Fsp3) is 0.211. The van der Waals surface area contributed by atoms with E-state index in [2.05, 4.69) is 20.2 Å². The molecule has 1 heterocycles. The predicted octanol–water partition coefficient (Wildman–Crippen LogP) is 3.85. The third-order valence-electron chi connectivity index (χ3n) is 3.88. The van der Waals surface area contributed by atoms with Gasteiger partial charge in [-0.1, -0.05) is 36.0 Å². The summed E-state index contributed by atoms with van der Waals surface area (Å²) < 4.78 is 27.5. The number of amides is 1. The molecule has 2 N–H and O–H groups in total. The van der Waals surface area contributed by atoms with E-state index >= 15 is 0 Å². The molecule has 1 aromatic heterocycles. The van der Waals surface area contributed by atoms with Gasteiger partial charge in [-0.15, -0.1) is 10.2 Å². The standard InChI is InChI=1S/C19H20N4O3S2/c1-3-4-17-21-22-19(27-17)20-18(24)14-7-11-16(12-8-14)28(25,26)23-15-9-5-13(2)6-10-15/h5-12,23H,3-4H2,1-2H3,(H,20,22,24). The molecule has 1 amide bonds. The van der Waals surface area contributed by atoms with Crippen molar-refractivity contribution >= 4 is 38.1 Å². The third-order valence-corrected chi connectivity index (χ3v) is 6.18. The number of carbonyl (C=O) groups is 1. The molecule has 0 spiro atoms. The summed E-state index contributed by atoms with van der Waals surface area (Å²) in [6.07, 6.45) is 1.77. The normalized spacial score (nSPS) is 11.2. The van der Waals surface area contributed by atoms with Crippen LogP contribution in [0.2, 0.25) is 0 Å². The Labute approximate surface area is 167 Å². The van der Waals surface area contributed by atoms with Crippen molar-refractivity contribution in [3.63, 3.8) is 0 Å². The summed E-state index contributed by atoms with van der Waals surface area (Å²) in [6.45, 7) is 3.97. The molecule has 3 rings (SSSR count). The number of nitrogens with one attached hydrogen (secondary N) is 2. The maximum Gasteiger partial charge on any atom is 0.261 e. The van der Waals surface area contributed by atoms with Gasteiger partial charge < -0.3 is 0 Å². The van der Waals surface area contributed by atoms with Gasteiger partial charge in [0.05, 0.1) is 4.90 Å². The molecule has 0 saturated heterocycles. The lowest BCUT2D eigenvalue weighted by atomic mass is 10.2. The molecule has 146 valence electrons. The van der Waals surface area contributed by atoms with E-state index in [0.717, 1.165) is 23.4 Å². The fourth-order valence-corrected chi connectivity index (χ4v) is 4.30. The number of rotatable bonds is 7. The second kappa shape index (κ2) is 8.49. The topological polar surface area (TPSA) is 101 Å². The summed E-state index contributed by atoms with van der Waals surface area (Å²) in [5, 5.41) is 11.9. The SMILES string of the molecule is CCCc1nnc(NC(=O)c2ccc(S(=O)(=O)Nc3ccc(C)cc3)cc2)s1. The Hall–Kier alpha value is -2.78. The number of hydrogen-bond donors (Lipinski definition) is 2. The van der Waals surface area contributed by atoms with Crippen molar-refractivity contribution < 1.29 is 13.2 Å². The van der Waals surface area contributed by atoms with Crippen LogP contribution in [0, 0.1) is 6.92 Å². The number of anilines is 2. The Morgan fingerprint density at radius 1 is 1.04 bits per heavy atom. The van der Waals surface area contributed by atoms with Crippen LogP contribution in [0.5, 0.6) is 0 Å². The lowest BCUT2D eigenvalue weighted by molar-refractivity contribution is 0.102. The Morgan fingerprint density at radius 2 is 1.71 bits per heavy atom. The van der Waals surface area contributed by atoms with Crippen LogP contribution in [0.1, 0.15) is 34.3 Å². The van der Waals surface area contributed by atoms with Crippen LogP contribution in [-0.4, -0.2) is 24.5 Å². The number of aryl methyl sites for hydroxylation is 2. The smallest absolute Gasteiger partial charge is 0.261 e. The highest BCUT2D eigenvalue weighted by molar-refractivity contribution is 7.92. The molecule has 0 fully saturated rings. The van der Waals surface area contributed by atoms with Gasteiger partial charge in [-0.3, -0.25) is 14.8 Å². The molecular formula is C19H20N4O3S2. The molecule has 3 aromatic rings. The van der Waals surface area contributed by atoms with Crippen LogP contribution in [0.25, 0.3) is 0 Å². The Morgan fingerprint density at radius 3 is 2.36 bits per heavy atom. The number of aromatic nitrogens is 2. The van der Waals surface area contributed by atoms with Crippen molar-refractivity contribution in [3.05, 3.63) is 64.7 Å². The number of benzene rings is 2. The molecule has 2 aromatic carbocycles. The van der Waals surface area contributed by atoms with E-state index in [9.17, 15) is 13.2 Å². The summed E-state index contributed by atoms with van der Waals surface area (Å²) in [4.78, 5) is 12.4. The summed E-state index contributed by atoms with van der Waals surface area (Å²) in [6, 6.07) is 12.8. The maximum absolute atomic E-state index is 12.5. The highest BCUT2D eigenvalue weighted by Crippen LogP contribution is 2.19. The van der Waals surface area contributed by atoms with Gasteiger partial charge in [0, 0.05) is 17.7 Å². The van der Waals surface area contributed by atoms with Gasteiger partial charge in [0.15, 0.2) is 0 Å². The third kappa shape index (κ3) is 4.93. The highest BCUT2D eigenvalue weighted by Gasteiger charge is 2.16. The molecule has 0 bridgehead atoms. The zero-order valence-electron chi connectivity index (χ0n) is 15.5. The number of sulfonamides is 1. The molecule has 9 heteroatoms. The van der Waals surface area contributed by atoms with Gasteiger partial charge in [0.25, 0.3) is 15.9 Å². The Kier molecular flexibility index (Phi) is 6.05. The summed E-state index contributed by atoms with van der Waals surface area (Å²) in [5.41, 5.74) is 1.85. The second-order valence-corrected chi connectivity index (χ2v) is 8.95. The van der Waals surface area contributed by atoms with Gasteiger partial charge in [0.1, 0.15) is 5.01 Å². The van der Waals surface area contributed by atoms with Gasteiger partial charge in [-0.25, -0.2) is 8.42 Å². The molecule has 0 unspecified atom stereocenters. The van der Waals surface area contributed by atoms with Crippen LogP contribution in [-0.2, 0) is 16.4 Å². The largest absolute Gasteiger partial charge is 0.296 e. The van der Waals surface area contributed by atoms with Crippen molar-refractivity contribution in [2.45, 2.75) is 31.6 Å². The molecule has 28 heavy (non-hydrogen) atoms. The van der Waals surface area contributed by atoms with Crippen LogP contribution >= 0.6 is 11.3 Å². The van der Waals surface area contributed by atoms with E-state index in [4.69, 9.17) is 0 Å². The van der Waals surface area contributed by atoms with E-state index in [0.29, 0.717) is 16.4 Å². The summed E-state index contributed by atoms with van der Waals surface area (Å²) in [7, 11) is -3.73. The average molecular weight is 417 g/mol. The van der Waals surface area contributed by atoms with Gasteiger partial charge in [0.2, 0.25) is 5.13 Å². The quantitative estimate of drug-likeness (QED) is 0.609. The zero-order valence-corrected chi connectivity index (χ0v) is 17.1. The van der Waals surface area contributed by atoms with Crippen molar-refractivity contribution in [3.8, 4) is 0 Å². The fourth-order valence-electron chi connectivity index (χ4n) is 2.41. The van der Waals surface area contributed by atoms with Crippen molar-refractivity contribution in [1.82, 2.24) is 10.2 Å². The molecule has 0 saturated carbocycles. The first-order valence-corrected chi connectivity index (χ1v) is 11.0. The van der Waals surface area contributed by atoms with Gasteiger partial charge in [-0.05, 0) is 49.7 Å². The maximum atomic E-state index is 12.5. The minimum atomic E-state index is -3.73. The predicted molar refractivity (Wildman–Crippen MR) is 110 cm³/mol. The molecule has 0 aliphatic rings. The molecule has 7 nitrogen and oxygen atoms in total. The zero-order chi connectivity index (χ0) is 20.1. The van der Waals surface area contributed by atoms with Crippen molar-refractivity contribution in [2.75, 3.05) is 10.0 Å². The first-order valence-electron chi connectivity index (χ1n) is 8.70. The van der Waals surface area contributed by atoms with Crippen LogP contribution in [0.15, 0.2) is 53.4 Å². The van der Waals surface area contributed by atoms with Crippen LogP contribution in [0.3, 0.4) is 0 Å². The number of nitrogens with zero attached hydrogens (tertiary/aromatic N) is 2. The van der Waals surface area contributed by atoms with Gasteiger partial charge in [-0.2, -0.15) is 0 Å². The van der Waals surface area contributed by atoms with Crippen LogP contribution < -0.4 is 10.0 Å². The van der Waals surface area contributed by atoms with E-state index < -0.39 is 10.0 Å². The average Bonchev–Trinajstić information content (AvgIpc) is 3.11. The number of carbonyl (C=O) groups excluding carboxylic acids is 1. The molecule has 0 aliphatic heterocycles. The minimum absolute atomic E-state index is 0.0748. The summed E-state index contributed by atoms with van der Waals surface area (Å²) >= 11 is 1.33. The Bertz CT molecular complexity index is 1060. The Balaban J connectivity index is 1.69. The van der Waals surface area contributed by atoms with Crippen molar-refractivity contribution in [2.24, 2.45) is 0 Å². The highest BCUT2D eigenvalue weighted by atomic mass is 32.2. The number of hydrogen-bond acceptors (Lipinski definition) is 6. The van der Waals surface area contributed by atoms with E-state index in [1.807, 2.05) is 26.0 Å². The van der Waals surface area contributed by atoms with Gasteiger partial charge >= 0.3 is 0 Å². The van der Waals surface area contributed by atoms with E-state index in [-0.39, 0.29) is 10.8 Å². The molecule has 0 aliphatic carbocycles.